The first-order valence-electron chi connectivity index (χ1n) is 11.8. The molecule has 36 heavy (non-hydrogen) atoms. The monoisotopic (exact) mass is 476 g/mol. The molecule has 8 heteroatoms. The Morgan fingerprint density at radius 1 is 1.03 bits per heavy atom. The van der Waals surface area contributed by atoms with Gasteiger partial charge in [-0.05, 0) is 41.8 Å². The highest BCUT2D eigenvalue weighted by atomic mass is 16.3. The Labute approximate surface area is 206 Å². The van der Waals surface area contributed by atoms with Crippen molar-refractivity contribution in [1.82, 2.24) is 25.1 Å². The van der Waals surface area contributed by atoms with Crippen LogP contribution in [0.4, 0.5) is 5.69 Å². The number of aromatic nitrogens is 5. The number of nitrogens with zero attached hydrogens (tertiary/aromatic N) is 3. The van der Waals surface area contributed by atoms with Gasteiger partial charge in [0.05, 0.1) is 30.1 Å². The molecule has 6 aromatic rings. The third kappa shape index (κ3) is 4.02. The van der Waals surface area contributed by atoms with E-state index in [1.807, 2.05) is 44.2 Å². The molecule has 1 amide bonds. The van der Waals surface area contributed by atoms with Crippen molar-refractivity contribution in [2.45, 2.75) is 20.3 Å². The Morgan fingerprint density at radius 2 is 1.92 bits per heavy atom. The number of benzene rings is 1. The van der Waals surface area contributed by atoms with E-state index in [4.69, 9.17) is 4.42 Å². The summed E-state index contributed by atoms with van der Waals surface area (Å²) in [5.41, 5.74) is 7.88. The molecule has 5 aromatic heterocycles. The van der Waals surface area contributed by atoms with Crippen LogP contribution in [0, 0.1) is 5.92 Å². The quantitative estimate of drug-likeness (QED) is 0.257. The lowest BCUT2D eigenvalue weighted by molar-refractivity contribution is -0.116. The Morgan fingerprint density at radius 3 is 2.75 bits per heavy atom. The Kier molecular flexibility index (Phi) is 5.33. The van der Waals surface area contributed by atoms with Crippen LogP contribution in [-0.2, 0) is 4.79 Å². The van der Waals surface area contributed by atoms with Gasteiger partial charge in [-0.25, -0.2) is 4.98 Å². The highest BCUT2D eigenvalue weighted by Gasteiger charge is 2.15. The van der Waals surface area contributed by atoms with E-state index in [2.05, 4.69) is 42.6 Å². The topological polar surface area (TPSA) is 112 Å². The van der Waals surface area contributed by atoms with E-state index >= 15 is 0 Å². The maximum atomic E-state index is 12.2. The SMILES string of the molecule is CC(C)CC(=O)Nc1cncc(-c2cnc3[nH]nc(-c4cc5c(-c6ccoc6)cccc5[nH]4)c3c2)c1. The molecule has 0 aliphatic carbocycles. The molecule has 1 aromatic carbocycles. The van der Waals surface area contributed by atoms with Crippen molar-refractivity contribution < 1.29 is 9.21 Å². The summed E-state index contributed by atoms with van der Waals surface area (Å²) in [5.74, 6) is 0.260. The number of H-pyrrole nitrogens is 2. The predicted molar refractivity (Wildman–Crippen MR) is 140 cm³/mol. The van der Waals surface area contributed by atoms with Crippen molar-refractivity contribution >= 4 is 33.5 Å². The van der Waals surface area contributed by atoms with E-state index in [0.717, 1.165) is 49.9 Å². The summed E-state index contributed by atoms with van der Waals surface area (Å²) < 4.78 is 5.29. The summed E-state index contributed by atoms with van der Waals surface area (Å²) in [6.45, 7) is 4.03. The zero-order chi connectivity index (χ0) is 24.6. The molecule has 0 saturated carbocycles. The Bertz CT molecular complexity index is 1690. The zero-order valence-electron chi connectivity index (χ0n) is 19.9. The molecule has 0 aliphatic heterocycles. The van der Waals surface area contributed by atoms with Crippen molar-refractivity contribution in [3.63, 3.8) is 0 Å². The molecule has 0 unspecified atom stereocenters. The molecular weight excluding hydrogens is 452 g/mol. The first kappa shape index (κ1) is 21.8. The number of hydrogen-bond acceptors (Lipinski definition) is 5. The average molecular weight is 477 g/mol. The Balaban J connectivity index is 1.38. The Hall–Kier alpha value is -4.72. The number of rotatable bonds is 6. The number of aromatic amines is 2. The van der Waals surface area contributed by atoms with Gasteiger partial charge in [0.25, 0.3) is 0 Å². The lowest BCUT2D eigenvalue weighted by Crippen LogP contribution is -2.13. The molecule has 0 bridgehead atoms. The predicted octanol–water partition coefficient (Wildman–Crippen LogP) is 6.41. The third-order valence-electron chi connectivity index (χ3n) is 6.12. The zero-order valence-corrected chi connectivity index (χ0v) is 19.9. The lowest BCUT2D eigenvalue weighted by atomic mass is 10.0. The number of amides is 1. The van der Waals surface area contributed by atoms with Gasteiger partial charge in [0.2, 0.25) is 5.91 Å². The van der Waals surface area contributed by atoms with Crippen molar-refractivity contribution in [2.75, 3.05) is 5.32 Å². The van der Waals surface area contributed by atoms with Crippen LogP contribution in [0.3, 0.4) is 0 Å². The number of carbonyl (C=O) groups excluding carboxylic acids is 1. The largest absolute Gasteiger partial charge is 0.472 e. The standard InChI is InChI=1S/C28H24N6O2/c1-16(2)8-26(35)31-20-9-18(12-29-14-20)19-10-23-27(33-34-28(23)30-13-19)25-11-22-21(17-6-7-36-15-17)4-3-5-24(22)32-25/h3-7,9-16,32H,8H2,1-2H3,(H,31,35)(H,30,33,34). The number of furan rings is 1. The smallest absolute Gasteiger partial charge is 0.224 e. The maximum absolute atomic E-state index is 12.2. The van der Waals surface area contributed by atoms with Gasteiger partial charge in [-0.15, -0.1) is 0 Å². The summed E-state index contributed by atoms with van der Waals surface area (Å²) in [6, 6.07) is 14.2. The molecule has 0 aliphatic rings. The van der Waals surface area contributed by atoms with E-state index < -0.39 is 0 Å². The van der Waals surface area contributed by atoms with Crippen LogP contribution in [0.25, 0.3) is 55.6 Å². The first-order valence-corrected chi connectivity index (χ1v) is 11.8. The molecule has 0 spiro atoms. The minimum Gasteiger partial charge on any atom is -0.472 e. The highest BCUT2D eigenvalue weighted by Crippen LogP contribution is 2.35. The fraction of sp³-hybridized carbons (Fsp3) is 0.143. The lowest BCUT2D eigenvalue weighted by Gasteiger charge is -2.08. The summed E-state index contributed by atoms with van der Waals surface area (Å²) in [5, 5.41) is 12.5. The number of fused-ring (bicyclic) bond motifs is 2. The minimum absolute atomic E-state index is 0.0248. The molecule has 178 valence electrons. The van der Waals surface area contributed by atoms with E-state index in [-0.39, 0.29) is 11.8 Å². The van der Waals surface area contributed by atoms with Crippen LogP contribution in [0.15, 0.2) is 78.0 Å². The number of nitrogens with one attached hydrogen (secondary N) is 3. The van der Waals surface area contributed by atoms with Crippen molar-refractivity contribution in [3.05, 3.63) is 73.6 Å². The molecule has 3 N–H and O–H groups in total. The van der Waals surface area contributed by atoms with Crippen molar-refractivity contribution in [3.8, 4) is 33.6 Å². The summed E-state index contributed by atoms with van der Waals surface area (Å²) >= 11 is 0. The highest BCUT2D eigenvalue weighted by molar-refractivity contribution is 6.01. The second kappa shape index (κ2) is 8.81. The van der Waals surface area contributed by atoms with Gasteiger partial charge in [-0.1, -0.05) is 26.0 Å². The van der Waals surface area contributed by atoms with Gasteiger partial charge in [-0.2, -0.15) is 5.10 Å². The van der Waals surface area contributed by atoms with E-state index in [9.17, 15) is 4.79 Å². The molecule has 8 nitrogen and oxygen atoms in total. The minimum atomic E-state index is -0.0248. The van der Waals surface area contributed by atoms with E-state index in [1.165, 1.54) is 0 Å². The van der Waals surface area contributed by atoms with Gasteiger partial charge in [-0.3, -0.25) is 14.9 Å². The van der Waals surface area contributed by atoms with Crippen LogP contribution in [-0.4, -0.2) is 31.1 Å². The molecule has 0 atom stereocenters. The van der Waals surface area contributed by atoms with Crippen LogP contribution in [0.1, 0.15) is 20.3 Å². The van der Waals surface area contributed by atoms with E-state index in [1.54, 1.807) is 31.1 Å². The molecule has 5 heterocycles. The van der Waals surface area contributed by atoms with Crippen LogP contribution in [0.5, 0.6) is 0 Å². The van der Waals surface area contributed by atoms with Crippen LogP contribution >= 0.6 is 0 Å². The van der Waals surface area contributed by atoms with Crippen molar-refractivity contribution in [1.29, 1.82) is 0 Å². The first-order chi connectivity index (χ1) is 17.5. The van der Waals surface area contributed by atoms with Gasteiger partial charge >= 0.3 is 0 Å². The summed E-state index contributed by atoms with van der Waals surface area (Å²) in [4.78, 5) is 24.6. The molecular formula is C28H24N6O2. The summed E-state index contributed by atoms with van der Waals surface area (Å²) in [6.07, 6.45) is 9.08. The fourth-order valence-electron chi connectivity index (χ4n) is 4.47. The molecule has 0 fully saturated rings. The number of anilines is 1. The molecule has 0 radical (unpaired) electrons. The van der Waals surface area contributed by atoms with Gasteiger partial charge in [0, 0.05) is 51.8 Å². The van der Waals surface area contributed by atoms with Gasteiger partial charge in [0.15, 0.2) is 5.65 Å². The normalized spacial score (nSPS) is 11.5. The molecule has 6 rings (SSSR count). The molecule has 0 saturated heterocycles. The van der Waals surface area contributed by atoms with E-state index in [0.29, 0.717) is 17.8 Å². The van der Waals surface area contributed by atoms with Gasteiger partial charge < -0.3 is 14.7 Å². The second-order valence-electron chi connectivity index (χ2n) is 9.26. The summed E-state index contributed by atoms with van der Waals surface area (Å²) in [7, 11) is 0. The van der Waals surface area contributed by atoms with Crippen LogP contribution in [0.2, 0.25) is 0 Å². The second-order valence-corrected chi connectivity index (χ2v) is 9.26. The maximum Gasteiger partial charge on any atom is 0.224 e. The number of carbonyl (C=O) groups is 1. The van der Waals surface area contributed by atoms with Crippen molar-refractivity contribution in [2.24, 2.45) is 5.92 Å². The van der Waals surface area contributed by atoms with Crippen LogP contribution < -0.4 is 5.32 Å². The number of hydrogen-bond donors (Lipinski definition) is 3. The fourth-order valence-corrected chi connectivity index (χ4v) is 4.47. The average Bonchev–Trinajstić information content (AvgIpc) is 3.62. The number of pyridine rings is 2. The van der Waals surface area contributed by atoms with Gasteiger partial charge in [0.1, 0.15) is 5.69 Å². The third-order valence-corrected chi connectivity index (χ3v) is 6.12.